The van der Waals surface area contributed by atoms with Crippen LogP contribution in [0.25, 0.3) is 0 Å². The number of allylic oxidation sites excluding steroid dienone is 1. The molecule has 1 amide bonds. The molecule has 0 spiro atoms. The summed E-state index contributed by atoms with van der Waals surface area (Å²) in [6.07, 6.45) is 4.13. The molecule has 1 unspecified atom stereocenters. The van der Waals surface area contributed by atoms with Gasteiger partial charge in [-0.05, 0) is 18.4 Å². The van der Waals surface area contributed by atoms with Gasteiger partial charge in [-0.2, -0.15) is 0 Å². The summed E-state index contributed by atoms with van der Waals surface area (Å²) in [4.78, 5) is 14.2. The molecule has 1 aromatic carbocycles. The number of halogens is 1. The van der Waals surface area contributed by atoms with Crippen LogP contribution >= 0.6 is 35.6 Å². The number of hydrogen-bond acceptors (Lipinski definition) is 4. The second kappa shape index (κ2) is 9.42. The first kappa shape index (κ1) is 18.5. The lowest BCUT2D eigenvalue weighted by molar-refractivity contribution is -0.129. The first-order chi connectivity index (χ1) is 11.1. The van der Waals surface area contributed by atoms with Crippen molar-refractivity contribution in [3.05, 3.63) is 48.0 Å². The largest absolute Gasteiger partial charge is 0.389 e. The van der Waals surface area contributed by atoms with Gasteiger partial charge in [0.2, 0.25) is 5.91 Å². The lowest BCUT2D eigenvalue weighted by Gasteiger charge is -2.24. The number of thiocarbonyl (C=S) groups is 1. The van der Waals surface area contributed by atoms with Gasteiger partial charge >= 0.3 is 0 Å². The number of amides is 1. The fraction of sp³-hybridized carbons (Fsp3) is 0.412. The van der Waals surface area contributed by atoms with E-state index in [0.717, 1.165) is 12.2 Å². The van der Waals surface area contributed by atoms with Crippen molar-refractivity contribution in [2.75, 3.05) is 11.6 Å². The van der Waals surface area contributed by atoms with Gasteiger partial charge in [-0.15, -0.1) is 11.6 Å². The molecule has 1 fully saturated rings. The highest BCUT2D eigenvalue weighted by atomic mass is 35.5. The summed E-state index contributed by atoms with van der Waals surface area (Å²) >= 11 is 12.4. The Morgan fingerprint density at radius 2 is 2.22 bits per heavy atom. The number of benzene rings is 1. The molecule has 23 heavy (non-hydrogen) atoms. The van der Waals surface area contributed by atoms with Crippen molar-refractivity contribution in [2.24, 2.45) is 0 Å². The molecule has 2 atom stereocenters. The van der Waals surface area contributed by atoms with E-state index in [1.54, 1.807) is 17.1 Å². The summed E-state index contributed by atoms with van der Waals surface area (Å²) in [6.45, 7) is 0. The fourth-order valence-electron chi connectivity index (χ4n) is 2.46. The molecule has 1 aliphatic heterocycles. The number of nitrogens with zero attached hydrogens (tertiary/aromatic N) is 1. The van der Waals surface area contributed by atoms with Crippen LogP contribution in [0.1, 0.15) is 18.4 Å². The summed E-state index contributed by atoms with van der Waals surface area (Å²) in [5.74, 6) is 1.19. The SMILES string of the molecule is O=C(CC(O)C=CCCCl)N1C(=S)SC[C@H]1Cc1ccccc1. The van der Waals surface area contributed by atoms with E-state index in [2.05, 4.69) is 12.1 Å². The normalized spacial score (nSPS) is 19.5. The fourth-order valence-corrected chi connectivity index (χ4v) is 4.04. The first-order valence-corrected chi connectivity index (χ1v) is 9.48. The van der Waals surface area contributed by atoms with E-state index < -0.39 is 6.10 Å². The van der Waals surface area contributed by atoms with Crippen LogP contribution in [0.2, 0.25) is 0 Å². The number of hydrogen-bond donors (Lipinski definition) is 1. The Morgan fingerprint density at radius 3 is 2.91 bits per heavy atom. The minimum absolute atomic E-state index is 0.0464. The predicted molar refractivity (Wildman–Crippen MR) is 101 cm³/mol. The number of aliphatic hydroxyl groups is 1. The third-order valence-corrected chi connectivity index (χ3v) is 5.33. The molecule has 0 saturated carbocycles. The van der Waals surface area contributed by atoms with Gasteiger partial charge in [0.05, 0.1) is 18.6 Å². The minimum atomic E-state index is -0.795. The smallest absolute Gasteiger partial charge is 0.231 e. The molecule has 0 aliphatic carbocycles. The first-order valence-electron chi connectivity index (χ1n) is 7.55. The van der Waals surface area contributed by atoms with Crippen LogP contribution in [-0.2, 0) is 11.2 Å². The zero-order valence-corrected chi connectivity index (χ0v) is 15.1. The Hall–Kier alpha value is -0.880. The van der Waals surface area contributed by atoms with Crippen molar-refractivity contribution < 1.29 is 9.90 Å². The second-order valence-electron chi connectivity index (χ2n) is 5.36. The lowest BCUT2D eigenvalue weighted by Crippen LogP contribution is -2.41. The van der Waals surface area contributed by atoms with Gasteiger partial charge in [0.15, 0.2) is 0 Å². The molecule has 0 bridgehead atoms. The predicted octanol–water partition coefficient (Wildman–Crippen LogP) is 3.39. The van der Waals surface area contributed by atoms with E-state index in [0.29, 0.717) is 16.6 Å². The topological polar surface area (TPSA) is 40.5 Å². The summed E-state index contributed by atoms with van der Waals surface area (Å²) in [7, 11) is 0. The van der Waals surface area contributed by atoms with E-state index in [-0.39, 0.29) is 18.4 Å². The second-order valence-corrected chi connectivity index (χ2v) is 7.39. The zero-order chi connectivity index (χ0) is 16.7. The molecule has 0 radical (unpaired) electrons. The summed E-state index contributed by atoms with van der Waals surface area (Å²) in [6, 6.07) is 10.1. The Balaban J connectivity index is 1.97. The van der Waals surface area contributed by atoms with E-state index in [1.807, 2.05) is 18.2 Å². The molecule has 0 aromatic heterocycles. The van der Waals surface area contributed by atoms with Crippen LogP contribution in [0.15, 0.2) is 42.5 Å². The van der Waals surface area contributed by atoms with Crippen LogP contribution in [0.5, 0.6) is 0 Å². The molecule has 3 nitrogen and oxygen atoms in total. The Kier molecular flexibility index (Phi) is 7.56. The van der Waals surface area contributed by atoms with Gasteiger partial charge in [-0.3, -0.25) is 9.69 Å². The van der Waals surface area contributed by atoms with Crippen LogP contribution in [0.3, 0.4) is 0 Å². The van der Waals surface area contributed by atoms with Gasteiger partial charge in [0, 0.05) is 11.6 Å². The van der Waals surface area contributed by atoms with Crippen LogP contribution in [0, 0.1) is 0 Å². The molecule has 1 saturated heterocycles. The molecule has 2 rings (SSSR count). The third kappa shape index (κ3) is 5.60. The average molecular weight is 370 g/mol. The number of thioether (sulfide) groups is 1. The lowest BCUT2D eigenvalue weighted by atomic mass is 10.1. The van der Waals surface area contributed by atoms with Gasteiger partial charge in [0.25, 0.3) is 0 Å². The highest BCUT2D eigenvalue weighted by Gasteiger charge is 2.34. The molecule has 6 heteroatoms. The van der Waals surface area contributed by atoms with Crippen LogP contribution in [0.4, 0.5) is 0 Å². The van der Waals surface area contributed by atoms with Crippen molar-refractivity contribution in [1.29, 1.82) is 0 Å². The maximum atomic E-state index is 12.5. The molecular weight excluding hydrogens is 350 g/mol. The maximum absolute atomic E-state index is 12.5. The molecule has 1 N–H and O–H groups in total. The maximum Gasteiger partial charge on any atom is 0.231 e. The highest BCUT2D eigenvalue weighted by molar-refractivity contribution is 8.23. The molecule has 1 heterocycles. The van der Waals surface area contributed by atoms with Crippen LogP contribution < -0.4 is 0 Å². The van der Waals surface area contributed by atoms with Crippen molar-refractivity contribution in [3.8, 4) is 0 Å². The zero-order valence-electron chi connectivity index (χ0n) is 12.7. The highest BCUT2D eigenvalue weighted by Crippen LogP contribution is 2.27. The van der Waals surface area contributed by atoms with Gasteiger partial charge < -0.3 is 5.11 Å². The van der Waals surface area contributed by atoms with E-state index in [4.69, 9.17) is 23.8 Å². The number of carbonyl (C=O) groups is 1. The summed E-state index contributed by atoms with van der Waals surface area (Å²) < 4.78 is 0.605. The monoisotopic (exact) mass is 369 g/mol. The van der Waals surface area contributed by atoms with Crippen molar-refractivity contribution >= 4 is 45.8 Å². The van der Waals surface area contributed by atoms with Gasteiger partial charge in [0.1, 0.15) is 4.32 Å². The van der Waals surface area contributed by atoms with Crippen LogP contribution in [-0.4, -0.2) is 44.0 Å². The molecule has 1 aliphatic rings. The van der Waals surface area contributed by atoms with Crippen molar-refractivity contribution in [2.45, 2.75) is 31.4 Å². The number of rotatable bonds is 7. The number of carbonyl (C=O) groups excluding carboxylic acids is 1. The number of alkyl halides is 1. The average Bonchev–Trinajstić information content (AvgIpc) is 2.89. The Labute approximate surface area is 151 Å². The Bertz CT molecular complexity index is 565. The van der Waals surface area contributed by atoms with Gasteiger partial charge in [-0.1, -0.05) is 66.5 Å². The van der Waals surface area contributed by atoms with Crippen molar-refractivity contribution in [1.82, 2.24) is 4.90 Å². The van der Waals surface area contributed by atoms with Gasteiger partial charge in [-0.25, -0.2) is 0 Å². The van der Waals surface area contributed by atoms with E-state index in [9.17, 15) is 9.90 Å². The Morgan fingerprint density at radius 1 is 1.48 bits per heavy atom. The van der Waals surface area contributed by atoms with Crippen molar-refractivity contribution in [3.63, 3.8) is 0 Å². The summed E-state index contributed by atoms with van der Waals surface area (Å²) in [5.41, 5.74) is 1.18. The minimum Gasteiger partial charge on any atom is -0.389 e. The molecule has 1 aromatic rings. The van der Waals surface area contributed by atoms with E-state index in [1.165, 1.54) is 17.3 Å². The van der Waals surface area contributed by atoms with E-state index >= 15 is 0 Å². The standard InChI is InChI=1S/C17H20ClNO2S2/c18-9-5-4-8-15(20)11-16(21)19-14(12-23-17(19)22)10-13-6-2-1-3-7-13/h1-4,6-8,14-15,20H,5,9-12H2/t14-,15?/m1/s1. The number of aliphatic hydroxyl groups excluding tert-OH is 1. The molecular formula is C17H20ClNO2S2. The molecule has 124 valence electrons. The quantitative estimate of drug-likeness (QED) is 0.454. The third-order valence-electron chi connectivity index (χ3n) is 3.56. The summed E-state index contributed by atoms with van der Waals surface area (Å²) in [5, 5.41) is 9.94.